The second kappa shape index (κ2) is 6.34. The number of hydrogen-bond donors (Lipinski definition) is 1. The van der Waals surface area contributed by atoms with Crippen molar-refractivity contribution in [3.8, 4) is 0 Å². The van der Waals surface area contributed by atoms with Crippen LogP contribution in [0.5, 0.6) is 0 Å². The van der Waals surface area contributed by atoms with Gasteiger partial charge in [0.15, 0.2) is 4.34 Å². The van der Waals surface area contributed by atoms with Crippen LogP contribution < -0.4 is 5.32 Å². The molecule has 4 nitrogen and oxygen atoms in total. The molecule has 2 heterocycles. The molecule has 1 amide bonds. The summed E-state index contributed by atoms with van der Waals surface area (Å²) in [7, 11) is 0. The Kier molecular flexibility index (Phi) is 4.47. The highest BCUT2D eigenvalue weighted by Gasteiger charge is 2.26. The summed E-state index contributed by atoms with van der Waals surface area (Å²) < 4.78 is 2.15. The van der Waals surface area contributed by atoms with Crippen molar-refractivity contribution in [2.24, 2.45) is 0 Å². The number of nitrogens with one attached hydrogen (secondary N) is 1. The summed E-state index contributed by atoms with van der Waals surface area (Å²) in [4.78, 5) is 19.1. The molecule has 1 saturated heterocycles. The molecular weight excluding hydrogens is 302 g/mol. The second-order valence-electron chi connectivity index (χ2n) is 5.35. The van der Waals surface area contributed by atoms with Gasteiger partial charge in [-0.15, -0.1) is 11.3 Å². The highest BCUT2D eigenvalue weighted by atomic mass is 32.2. The largest absolute Gasteiger partial charge is 0.339 e. The van der Waals surface area contributed by atoms with Crippen molar-refractivity contribution in [3.63, 3.8) is 0 Å². The van der Waals surface area contributed by atoms with Crippen LogP contribution >= 0.6 is 23.1 Å². The molecule has 1 aliphatic rings. The van der Waals surface area contributed by atoms with E-state index in [4.69, 9.17) is 0 Å². The maximum Gasteiger partial charge on any atom is 0.235 e. The second-order valence-corrected chi connectivity index (χ2v) is 7.97. The standard InChI is InChI=1S/C15H19N3OS2/c1-10-9-18(8-7-16-10)14(19)11(2)20-15-17-12-5-3-4-6-13(12)21-15/h3-6,10-11,16H,7-9H2,1-2H3/t10-,11?/m1/s1. The van der Waals surface area contributed by atoms with Crippen molar-refractivity contribution in [3.05, 3.63) is 24.3 Å². The maximum absolute atomic E-state index is 12.5. The third kappa shape index (κ3) is 3.39. The van der Waals surface area contributed by atoms with Crippen molar-refractivity contribution in [2.45, 2.75) is 29.5 Å². The third-order valence-electron chi connectivity index (χ3n) is 3.58. The molecule has 2 aromatic rings. The lowest BCUT2D eigenvalue weighted by Gasteiger charge is -2.33. The number of carbonyl (C=O) groups is 1. The van der Waals surface area contributed by atoms with E-state index < -0.39 is 0 Å². The Morgan fingerprint density at radius 3 is 3.10 bits per heavy atom. The first-order valence-corrected chi connectivity index (χ1v) is 8.87. The molecule has 0 bridgehead atoms. The van der Waals surface area contributed by atoms with Crippen LogP contribution in [0.25, 0.3) is 10.2 Å². The number of rotatable bonds is 3. The lowest BCUT2D eigenvalue weighted by Crippen LogP contribution is -2.53. The van der Waals surface area contributed by atoms with E-state index in [-0.39, 0.29) is 11.2 Å². The van der Waals surface area contributed by atoms with Gasteiger partial charge >= 0.3 is 0 Å². The van der Waals surface area contributed by atoms with E-state index in [2.05, 4.69) is 23.3 Å². The van der Waals surface area contributed by atoms with Gasteiger partial charge < -0.3 is 10.2 Å². The first-order valence-electron chi connectivity index (χ1n) is 7.18. The number of amides is 1. The van der Waals surface area contributed by atoms with Gasteiger partial charge in [-0.25, -0.2) is 4.98 Å². The first kappa shape index (κ1) is 14.8. The predicted molar refractivity (Wildman–Crippen MR) is 89.0 cm³/mol. The molecule has 1 aromatic heterocycles. The van der Waals surface area contributed by atoms with Crippen LogP contribution in [0, 0.1) is 0 Å². The Labute approximate surface area is 132 Å². The third-order valence-corrected chi connectivity index (χ3v) is 5.80. The molecule has 1 aliphatic heterocycles. The number of aromatic nitrogens is 1. The van der Waals surface area contributed by atoms with E-state index in [0.29, 0.717) is 6.04 Å². The summed E-state index contributed by atoms with van der Waals surface area (Å²) >= 11 is 3.23. The zero-order valence-corrected chi connectivity index (χ0v) is 13.8. The topological polar surface area (TPSA) is 45.2 Å². The predicted octanol–water partition coefficient (Wildman–Crippen LogP) is 2.60. The smallest absolute Gasteiger partial charge is 0.235 e. The molecule has 0 spiro atoms. The average Bonchev–Trinajstić information content (AvgIpc) is 2.88. The van der Waals surface area contributed by atoms with Crippen molar-refractivity contribution >= 4 is 39.2 Å². The Balaban J connectivity index is 1.67. The van der Waals surface area contributed by atoms with E-state index in [9.17, 15) is 4.79 Å². The van der Waals surface area contributed by atoms with Crippen LogP contribution in [0.1, 0.15) is 13.8 Å². The molecule has 0 aliphatic carbocycles. The first-order chi connectivity index (χ1) is 10.1. The number of fused-ring (bicyclic) bond motifs is 1. The van der Waals surface area contributed by atoms with E-state index in [1.807, 2.05) is 30.0 Å². The average molecular weight is 321 g/mol. The van der Waals surface area contributed by atoms with Crippen LogP contribution in [-0.2, 0) is 4.79 Å². The molecule has 1 unspecified atom stereocenters. The van der Waals surface area contributed by atoms with Crippen LogP contribution in [0.4, 0.5) is 0 Å². The monoisotopic (exact) mass is 321 g/mol. The molecule has 2 atom stereocenters. The highest BCUT2D eigenvalue weighted by molar-refractivity contribution is 8.02. The van der Waals surface area contributed by atoms with Crippen LogP contribution in [0.2, 0.25) is 0 Å². The van der Waals surface area contributed by atoms with Gasteiger partial charge in [0.25, 0.3) is 0 Å². The Hall–Kier alpha value is -1.11. The van der Waals surface area contributed by atoms with Crippen LogP contribution in [0.15, 0.2) is 28.6 Å². The molecule has 1 aromatic carbocycles. The zero-order valence-electron chi connectivity index (χ0n) is 12.2. The fraction of sp³-hybridized carbons (Fsp3) is 0.467. The van der Waals surface area contributed by atoms with Crippen LogP contribution in [-0.4, -0.2) is 46.7 Å². The molecular formula is C15H19N3OS2. The van der Waals surface area contributed by atoms with Gasteiger partial charge in [-0.1, -0.05) is 23.9 Å². The van der Waals surface area contributed by atoms with Gasteiger partial charge in [0.05, 0.1) is 15.5 Å². The minimum absolute atomic E-state index is 0.0872. The summed E-state index contributed by atoms with van der Waals surface area (Å²) in [6.07, 6.45) is 0. The normalized spacial score (nSPS) is 20.7. The van der Waals surface area contributed by atoms with Crippen molar-refractivity contribution in [1.29, 1.82) is 0 Å². The fourth-order valence-electron chi connectivity index (χ4n) is 2.49. The SMILES string of the molecule is CC(Sc1nc2ccccc2s1)C(=O)N1CCN[C@H](C)C1. The van der Waals surface area contributed by atoms with E-state index in [1.165, 1.54) is 4.70 Å². The number of hydrogen-bond acceptors (Lipinski definition) is 5. The Morgan fingerprint density at radius 2 is 2.33 bits per heavy atom. The summed E-state index contributed by atoms with van der Waals surface area (Å²) in [6, 6.07) is 8.48. The lowest BCUT2D eigenvalue weighted by molar-refractivity contribution is -0.131. The fourth-order valence-corrected chi connectivity index (χ4v) is 4.79. The van der Waals surface area contributed by atoms with Gasteiger partial charge in [0.2, 0.25) is 5.91 Å². The number of nitrogens with zero attached hydrogens (tertiary/aromatic N) is 2. The number of thioether (sulfide) groups is 1. The molecule has 0 saturated carbocycles. The van der Waals surface area contributed by atoms with Gasteiger partial charge in [-0.3, -0.25) is 4.79 Å². The van der Waals surface area contributed by atoms with E-state index in [1.54, 1.807) is 23.1 Å². The zero-order chi connectivity index (χ0) is 14.8. The maximum atomic E-state index is 12.5. The van der Waals surface area contributed by atoms with E-state index >= 15 is 0 Å². The summed E-state index contributed by atoms with van der Waals surface area (Å²) in [5.41, 5.74) is 1.01. The summed E-state index contributed by atoms with van der Waals surface area (Å²) in [6.45, 7) is 6.57. The molecule has 112 valence electrons. The molecule has 21 heavy (non-hydrogen) atoms. The number of piperazine rings is 1. The minimum Gasteiger partial charge on any atom is -0.339 e. The quantitative estimate of drug-likeness (QED) is 0.883. The highest BCUT2D eigenvalue weighted by Crippen LogP contribution is 2.32. The Morgan fingerprint density at radius 1 is 1.52 bits per heavy atom. The van der Waals surface area contributed by atoms with Crippen molar-refractivity contribution in [1.82, 2.24) is 15.2 Å². The van der Waals surface area contributed by atoms with Gasteiger partial charge in [-0.05, 0) is 26.0 Å². The van der Waals surface area contributed by atoms with Crippen molar-refractivity contribution in [2.75, 3.05) is 19.6 Å². The number of para-hydroxylation sites is 1. The summed E-state index contributed by atoms with van der Waals surface area (Å²) in [5.74, 6) is 0.215. The molecule has 1 N–H and O–H groups in total. The molecule has 1 fully saturated rings. The Bertz CT molecular complexity index is 610. The van der Waals surface area contributed by atoms with Gasteiger partial charge in [0.1, 0.15) is 0 Å². The number of thiazole rings is 1. The lowest BCUT2D eigenvalue weighted by atomic mass is 10.2. The molecule has 0 radical (unpaired) electrons. The van der Waals surface area contributed by atoms with Gasteiger partial charge in [0, 0.05) is 25.7 Å². The van der Waals surface area contributed by atoms with Crippen molar-refractivity contribution < 1.29 is 4.79 Å². The number of benzene rings is 1. The number of carbonyl (C=O) groups excluding carboxylic acids is 1. The van der Waals surface area contributed by atoms with Gasteiger partial charge in [-0.2, -0.15) is 0 Å². The summed E-state index contributed by atoms with van der Waals surface area (Å²) in [5, 5.41) is 3.28. The molecule has 3 rings (SSSR count). The minimum atomic E-state index is -0.0872. The van der Waals surface area contributed by atoms with Crippen LogP contribution in [0.3, 0.4) is 0 Å². The molecule has 6 heteroatoms. The van der Waals surface area contributed by atoms with E-state index in [0.717, 1.165) is 29.5 Å².